The van der Waals surface area contributed by atoms with Crippen LogP contribution in [0.2, 0.25) is 0 Å². The number of phenolic OH excluding ortho intramolecular Hbond substituents is 1. The van der Waals surface area contributed by atoms with Crippen LogP contribution in [0.15, 0.2) is 48.0 Å². The molecule has 184 valence electrons. The first kappa shape index (κ1) is 22.4. The molecular weight excluding hydrogens is 446 g/mol. The summed E-state index contributed by atoms with van der Waals surface area (Å²) in [7, 11) is 0. The number of phenols is 1. The Kier molecular flexibility index (Phi) is 4.92. The SMILES string of the molecule is C/C(C(=O)Nc1cccnc1)=C(/O)[C@@H]1Oc2c(O)ccc3c2[C@@]12CCN(CC1CC1)[C@H](C3)[C@@]2(C)O. The van der Waals surface area contributed by atoms with E-state index in [1.165, 1.54) is 19.0 Å². The Morgan fingerprint density at radius 2 is 2.11 bits per heavy atom. The molecule has 1 saturated carbocycles. The standard InChI is InChI=1S/C27H31N3O5/c1-15(25(33)29-18-4-3-10-28-13-18)22(32)24-27-9-11-30(14-16-5-6-16)20(26(27,2)34)12-17-7-8-19(31)23(35-24)21(17)27/h3-4,7-8,10,13,16,20,24,31-32,34H,5-6,9,11-12,14H2,1-2H3,(H,29,33)/b22-15-/t20-,24+,26-,27+/m1/s1. The highest BCUT2D eigenvalue weighted by Crippen LogP contribution is 2.63. The van der Waals surface area contributed by atoms with Crippen LogP contribution in [-0.2, 0) is 16.6 Å². The molecule has 2 aliphatic carbocycles. The van der Waals surface area contributed by atoms with Gasteiger partial charge in [-0.15, -0.1) is 0 Å². The van der Waals surface area contributed by atoms with Gasteiger partial charge in [-0.1, -0.05) is 6.07 Å². The van der Waals surface area contributed by atoms with E-state index in [-0.39, 0.29) is 23.1 Å². The smallest absolute Gasteiger partial charge is 0.254 e. The Hall–Kier alpha value is -3.10. The predicted molar refractivity (Wildman–Crippen MR) is 129 cm³/mol. The Morgan fingerprint density at radius 1 is 1.31 bits per heavy atom. The van der Waals surface area contributed by atoms with Crippen molar-refractivity contribution in [2.75, 3.05) is 18.4 Å². The first-order valence-corrected chi connectivity index (χ1v) is 12.3. The Bertz CT molecular complexity index is 1220. The van der Waals surface area contributed by atoms with E-state index in [0.29, 0.717) is 30.2 Å². The van der Waals surface area contributed by atoms with Gasteiger partial charge in [-0.25, -0.2) is 0 Å². The highest BCUT2D eigenvalue weighted by molar-refractivity contribution is 6.03. The van der Waals surface area contributed by atoms with Gasteiger partial charge < -0.3 is 25.4 Å². The van der Waals surface area contributed by atoms with Crippen LogP contribution in [0.5, 0.6) is 11.5 Å². The fourth-order valence-electron chi connectivity index (χ4n) is 6.55. The number of ether oxygens (including phenoxy) is 1. The summed E-state index contributed by atoms with van der Waals surface area (Å²) in [5, 5.41) is 37.1. The summed E-state index contributed by atoms with van der Waals surface area (Å²) < 4.78 is 6.26. The van der Waals surface area contributed by atoms with Gasteiger partial charge in [-0.05, 0) is 75.8 Å². The molecule has 4 atom stereocenters. The van der Waals surface area contributed by atoms with Crippen molar-refractivity contribution in [3.05, 3.63) is 59.1 Å². The van der Waals surface area contributed by atoms with Crippen molar-refractivity contribution in [2.45, 2.75) is 62.7 Å². The molecule has 8 heteroatoms. The predicted octanol–water partition coefficient (Wildman–Crippen LogP) is 3.05. The molecule has 35 heavy (non-hydrogen) atoms. The number of pyridine rings is 1. The van der Waals surface area contributed by atoms with Gasteiger partial charge in [0.15, 0.2) is 17.6 Å². The summed E-state index contributed by atoms with van der Waals surface area (Å²) in [6.07, 6.45) is 5.78. The summed E-state index contributed by atoms with van der Waals surface area (Å²) in [5.41, 5.74) is 0.158. The number of likely N-dealkylation sites (tertiary alicyclic amines) is 1. The summed E-state index contributed by atoms with van der Waals surface area (Å²) >= 11 is 0. The van der Waals surface area contributed by atoms with Gasteiger partial charge in [-0.2, -0.15) is 0 Å². The minimum absolute atomic E-state index is 0.0226. The second-order valence-corrected chi connectivity index (χ2v) is 10.7. The molecule has 6 rings (SSSR count). The molecule has 1 spiro atoms. The molecule has 2 aliphatic heterocycles. The van der Waals surface area contributed by atoms with E-state index in [4.69, 9.17) is 4.74 Å². The number of aromatic hydroxyl groups is 1. The van der Waals surface area contributed by atoms with E-state index in [9.17, 15) is 20.1 Å². The average Bonchev–Trinajstić information content (AvgIpc) is 3.58. The molecule has 2 bridgehead atoms. The maximum absolute atomic E-state index is 13.0. The van der Waals surface area contributed by atoms with E-state index in [1.54, 1.807) is 31.3 Å². The number of anilines is 1. The average molecular weight is 478 g/mol. The van der Waals surface area contributed by atoms with Crippen molar-refractivity contribution in [3.63, 3.8) is 0 Å². The molecule has 1 aromatic heterocycles. The maximum atomic E-state index is 13.0. The molecule has 0 radical (unpaired) electrons. The van der Waals surface area contributed by atoms with E-state index >= 15 is 0 Å². The van der Waals surface area contributed by atoms with Gasteiger partial charge in [-0.3, -0.25) is 14.7 Å². The number of aromatic nitrogens is 1. The van der Waals surface area contributed by atoms with Crippen LogP contribution in [0.1, 0.15) is 44.2 Å². The van der Waals surface area contributed by atoms with Gasteiger partial charge >= 0.3 is 0 Å². The van der Waals surface area contributed by atoms with Crippen molar-refractivity contribution in [1.82, 2.24) is 9.88 Å². The number of carbonyl (C=O) groups is 1. The second kappa shape index (κ2) is 7.70. The number of fused-ring (bicyclic) bond motifs is 1. The lowest BCUT2D eigenvalue weighted by Gasteiger charge is -2.59. The van der Waals surface area contributed by atoms with Gasteiger partial charge in [0, 0.05) is 24.3 Å². The van der Waals surface area contributed by atoms with Crippen LogP contribution in [-0.4, -0.2) is 61.9 Å². The maximum Gasteiger partial charge on any atom is 0.254 e. The highest BCUT2D eigenvalue weighted by Gasteiger charge is 2.69. The zero-order valence-electron chi connectivity index (χ0n) is 20.0. The third-order valence-electron chi connectivity index (χ3n) is 8.63. The van der Waals surface area contributed by atoms with Crippen molar-refractivity contribution in [2.24, 2.45) is 5.92 Å². The fraction of sp³-hybridized carbons (Fsp3) is 0.481. The first-order chi connectivity index (χ1) is 16.7. The van der Waals surface area contributed by atoms with Crippen molar-refractivity contribution in [3.8, 4) is 11.5 Å². The minimum Gasteiger partial charge on any atom is -0.508 e. The third kappa shape index (κ3) is 3.19. The Morgan fingerprint density at radius 3 is 2.83 bits per heavy atom. The monoisotopic (exact) mass is 477 g/mol. The number of hydrogen-bond donors (Lipinski definition) is 4. The topological polar surface area (TPSA) is 115 Å². The molecule has 1 aromatic carbocycles. The quantitative estimate of drug-likeness (QED) is 0.386. The van der Waals surface area contributed by atoms with E-state index in [2.05, 4.69) is 15.2 Å². The Balaban J connectivity index is 1.43. The largest absolute Gasteiger partial charge is 0.508 e. The molecule has 4 aliphatic rings. The number of hydrogen-bond acceptors (Lipinski definition) is 7. The molecule has 2 aromatic rings. The minimum atomic E-state index is -1.25. The fourth-order valence-corrected chi connectivity index (χ4v) is 6.55. The molecular formula is C27H31N3O5. The van der Waals surface area contributed by atoms with Crippen LogP contribution >= 0.6 is 0 Å². The van der Waals surface area contributed by atoms with E-state index in [0.717, 1.165) is 24.2 Å². The summed E-state index contributed by atoms with van der Waals surface area (Å²) in [6, 6.07) is 6.80. The van der Waals surface area contributed by atoms with Gasteiger partial charge in [0.2, 0.25) is 0 Å². The molecule has 0 unspecified atom stereocenters. The molecule has 2 fully saturated rings. The lowest BCUT2D eigenvalue weighted by atomic mass is 9.53. The zero-order valence-corrected chi connectivity index (χ0v) is 20.0. The molecule has 1 amide bonds. The van der Waals surface area contributed by atoms with Crippen molar-refractivity contribution >= 4 is 11.6 Å². The van der Waals surface area contributed by atoms with Crippen molar-refractivity contribution in [1.29, 1.82) is 0 Å². The van der Waals surface area contributed by atoms with Gasteiger partial charge in [0.05, 0.1) is 28.5 Å². The van der Waals surface area contributed by atoms with E-state index < -0.39 is 23.0 Å². The zero-order chi connectivity index (χ0) is 24.5. The van der Waals surface area contributed by atoms with E-state index in [1.807, 2.05) is 13.0 Å². The van der Waals surface area contributed by atoms with Gasteiger partial charge in [0.25, 0.3) is 5.91 Å². The molecule has 8 nitrogen and oxygen atoms in total. The number of aliphatic hydroxyl groups excluding tert-OH is 1. The summed E-state index contributed by atoms with van der Waals surface area (Å²) in [5.74, 6) is 0.247. The first-order valence-electron chi connectivity index (χ1n) is 12.3. The van der Waals surface area contributed by atoms with Crippen LogP contribution in [0.4, 0.5) is 5.69 Å². The van der Waals surface area contributed by atoms with Crippen LogP contribution in [0.3, 0.4) is 0 Å². The van der Waals surface area contributed by atoms with Crippen molar-refractivity contribution < 1.29 is 24.9 Å². The molecule has 1 saturated heterocycles. The number of nitrogens with one attached hydrogen (secondary N) is 1. The Labute approximate surface area is 204 Å². The number of nitrogens with zero attached hydrogens (tertiary/aromatic N) is 2. The number of carbonyl (C=O) groups excluding carboxylic acids is 1. The number of piperidine rings is 1. The number of rotatable bonds is 5. The van der Waals surface area contributed by atoms with Gasteiger partial charge in [0.1, 0.15) is 5.76 Å². The lowest BCUT2D eigenvalue weighted by Crippen LogP contribution is -2.73. The molecule has 3 heterocycles. The van der Waals surface area contributed by atoms with Crippen LogP contribution < -0.4 is 10.1 Å². The summed E-state index contributed by atoms with van der Waals surface area (Å²) in [6.45, 7) is 5.08. The number of amides is 1. The number of aliphatic hydroxyl groups is 2. The third-order valence-corrected chi connectivity index (χ3v) is 8.63. The van der Waals surface area contributed by atoms with Crippen LogP contribution in [0, 0.1) is 5.92 Å². The van der Waals surface area contributed by atoms with Crippen LogP contribution in [0.25, 0.3) is 0 Å². The summed E-state index contributed by atoms with van der Waals surface area (Å²) in [4.78, 5) is 19.4. The lowest BCUT2D eigenvalue weighted by molar-refractivity contribution is -0.153. The molecule has 4 N–H and O–H groups in total. The highest BCUT2D eigenvalue weighted by atomic mass is 16.5. The second-order valence-electron chi connectivity index (χ2n) is 10.7. The normalized spacial score (nSPS) is 31.9. The number of benzene rings is 1.